The quantitative estimate of drug-likeness (QED) is 0.789. The first-order valence-corrected chi connectivity index (χ1v) is 9.13. The third-order valence-electron chi connectivity index (χ3n) is 5.35. The van der Waals surface area contributed by atoms with Crippen LogP contribution in [0.15, 0.2) is 29.1 Å². The Morgan fingerprint density at radius 2 is 1.85 bits per heavy atom. The molecule has 1 heterocycles. The lowest BCUT2D eigenvalue weighted by Gasteiger charge is -2.22. The molecule has 0 bridgehead atoms. The summed E-state index contributed by atoms with van der Waals surface area (Å²) in [5.41, 5.74) is 2.55. The average molecular weight is 349 g/mol. The molecule has 1 aromatic carbocycles. The van der Waals surface area contributed by atoms with Crippen LogP contribution < -0.4 is 5.56 Å². The highest BCUT2D eigenvalue weighted by Gasteiger charge is 2.17. The Bertz CT molecular complexity index is 914. The number of carbonyl (C=O) groups is 1. The summed E-state index contributed by atoms with van der Waals surface area (Å²) in [6, 6.07) is 9.65. The number of carbonyl (C=O) groups excluding carboxylic acids is 1. The monoisotopic (exact) mass is 349 g/mol. The van der Waals surface area contributed by atoms with E-state index in [4.69, 9.17) is 0 Å². The van der Waals surface area contributed by atoms with Crippen molar-refractivity contribution in [2.24, 2.45) is 0 Å². The predicted octanol–water partition coefficient (Wildman–Crippen LogP) is 3.66. The summed E-state index contributed by atoms with van der Waals surface area (Å²) < 4.78 is 1.10. The zero-order valence-corrected chi connectivity index (χ0v) is 15.3. The highest BCUT2D eigenvalue weighted by molar-refractivity contribution is 5.95. The minimum absolute atomic E-state index is 0.0537. The maximum absolute atomic E-state index is 12.6. The molecule has 5 nitrogen and oxygen atoms in total. The van der Waals surface area contributed by atoms with Gasteiger partial charge in [0, 0.05) is 5.56 Å². The van der Waals surface area contributed by atoms with Gasteiger partial charge < -0.3 is 0 Å². The molecule has 1 aliphatic rings. The Morgan fingerprint density at radius 1 is 1.19 bits per heavy atom. The molecule has 1 fully saturated rings. The second kappa shape index (κ2) is 7.65. The van der Waals surface area contributed by atoms with Crippen molar-refractivity contribution in [1.29, 1.82) is 5.26 Å². The van der Waals surface area contributed by atoms with Crippen molar-refractivity contribution in [3.05, 3.63) is 62.6 Å². The minimum atomic E-state index is -0.511. The largest absolute Gasteiger partial charge is 0.292 e. The molecule has 0 aliphatic heterocycles. The summed E-state index contributed by atoms with van der Waals surface area (Å²) in [5.74, 6) is 0.414. The van der Waals surface area contributed by atoms with Crippen LogP contribution in [-0.4, -0.2) is 15.6 Å². The molecule has 5 heteroatoms. The molecule has 0 radical (unpaired) electrons. The van der Waals surface area contributed by atoms with Crippen LogP contribution in [0.25, 0.3) is 0 Å². The molecule has 1 aliphatic carbocycles. The fourth-order valence-electron chi connectivity index (χ4n) is 3.62. The highest BCUT2D eigenvalue weighted by atomic mass is 16.1. The molecule has 3 rings (SSSR count). The SMILES string of the molecule is Cc1nn(CC(=O)c2ccc(C3CCCCC3)cc2)c(=O)c(C#N)c1C. The first-order valence-electron chi connectivity index (χ1n) is 9.13. The first kappa shape index (κ1) is 18.1. The van der Waals surface area contributed by atoms with Crippen LogP contribution in [0.4, 0.5) is 0 Å². The number of aryl methyl sites for hydroxylation is 1. The van der Waals surface area contributed by atoms with Gasteiger partial charge in [-0.2, -0.15) is 10.4 Å². The van der Waals surface area contributed by atoms with Crippen LogP contribution in [0.1, 0.15) is 70.8 Å². The number of aromatic nitrogens is 2. The topological polar surface area (TPSA) is 75.8 Å². The molecule has 26 heavy (non-hydrogen) atoms. The Morgan fingerprint density at radius 3 is 2.46 bits per heavy atom. The van der Waals surface area contributed by atoms with E-state index < -0.39 is 5.56 Å². The van der Waals surface area contributed by atoms with E-state index in [0.717, 1.165) is 4.68 Å². The molecular formula is C21H23N3O2. The van der Waals surface area contributed by atoms with E-state index in [1.165, 1.54) is 37.7 Å². The van der Waals surface area contributed by atoms with Gasteiger partial charge in [0.15, 0.2) is 5.78 Å². The second-order valence-corrected chi connectivity index (χ2v) is 7.04. The van der Waals surface area contributed by atoms with E-state index in [1.807, 2.05) is 30.3 Å². The van der Waals surface area contributed by atoms with Crippen molar-refractivity contribution in [1.82, 2.24) is 9.78 Å². The lowest BCUT2D eigenvalue weighted by Crippen LogP contribution is -2.30. The summed E-state index contributed by atoms with van der Waals surface area (Å²) >= 11 is 0. The van der Waals surface area contributed by atoms with E-state index in [-0.39, 0.29) is 17.9 Å². The van der Waals surface area contributed by atoms with Crippen molar-refractivity contribution in [2.45, 2.75) is 58.4 Å². The van der Waals surface area contributed by atoms with Crippen LogP contribution in [-0.2, 0) is 6.54 Å². The van der Waals surface area contributed by atoms with E-state index in [0.29, 0.717) is 22.7 Å². The molecule has 0 N–H and O–H groups in total. The molecule has 0 atom stereocenters. The Balaban J connectivity index is 1.79. The smallest absolute Gasteiger partial charge is 0.285 e. The van der Waals surface area contributed by atoms with E-state index in [2.05, 4.69) is 5.10 Å². The van der Waals surface area contributed by atoms with Gasteiger partial charge in [0.1, 0.15) is 18.2 Å². The maximum atomic E-state index is 12.6. The van der Waals surface area contributed by atoms with Gasteiger partial charge in [-0.3, -0.25) is 9.59 Å². The van der Waals surface area contributed by atoms with Crippen molar-refractivity contribution < 1.29 is 4.79 Å². The van der Waals surface area contributed by atoms with Gasteiger partial charge in [-0.15, -0.1) is 0 Å². The van der Waals surface area contributed by atoms with Crippen LogP contribution >= 0.6 is 0 Å². The summed E-state index contributed by atoms with van der Waals surface area (Å²) in [6.45, 7) is 3.27. The summed E-state index contributed by atoms with van der Waals surface area (Å²) in [6.07, 6.45) is 6.29. The van der Waals surface area contributed by atoms with Crippen LogP contribution in [0.3, 0.4) is 0 Å². The number of benzene rings is 1. The highest BCUT2D eigenvalue weighted by Crippen LogP contribution is 2.32. The zero-order valence-electron chi connectivity index (χ0n) is 15.3. The summed E-state index contributed by atoms with van der Waals surface area (Å²) in [4.78, 5) is 24.9. The number of hydrogen-bond donors (Lipinski definition) is 0. The lowest BCUT2D eigenvalue weighted by molar-refractivity contribution is 0.0965. The Hall–Kier alpha value is -2.74. The van der Waals surface area contributed by atoms with Gasteiger partial charge in [0.05, 0.1) is 5.69 Å². The number of nitriles is 1. The standard InChI is InChI=1S/C21H23N3O2/c1-14-15(2)23-24(21(26)19(14)12-22)13-20(25)18-10-8-17(9-11-18)16-6-4-3-5-7-16/h8-11,16H,3-7,13H2,1-2H3. The lowest BCUT2D eigenvalue weighted by atomic mass is 9.84. The normalized spacial score (nSPS) is 14.8. The van der Waals surface area contributed by atoms with Gasteiger partial charge >= 0.3 is 0 Å². The maximum Gasteiger partial charge on any atom is 0.285 e. The number of nitrogens with zero attached hydrogens (tertiary/aromatic N) is 3. The summed E-state index contributed by atoms with van der Waals surface area (Å²) in [7, 11) is 0. The molecule has 0 amide bonds. The van der Waals surface area contributed by atoms with Gasteiger partial charge in [-0.1, -0.05) is 43.5 Å². The molecule has 2 aromatic rings. The van der Waals surface area contributed by atoms with Crippen LogP contribution in [0.5, 0.6) is 0 Å². The van der Waals surface area contributed by atoms with Crippen LogP contribution in [0, 0.1) is 25.2 Å². The van der Waals surface area contributed by atoms with Crippen molar-refractivity contribution in [3.63, 3.8) is 0 Å². The Kier molecular flexibility index (Phi) is 5.32. The van der Waals surface area contributed by atoms with Crippen molar-refractivity contribution in [3.8, 4) is 6.07 Å². The molecule has 0 unspecified atom stereocenters. The predicted molar refractivity (Wildman–Crippen MR) is 99.3 cm³/mol. The van der Waals surface area contributed by atoms with E-state index >= 15 is 0 Å². The molecule has 1 saturated carbocycles. The van der Waals surface area contributed by atoms with Gasteiger partial charge in [0.2, 0.25) is 0 Å². The first-order chi connectivity index (χ1) is 12.5. The van der Waals surface area contributed by atoms with E-state index in [1.54, 1.807) is 13.8 Å². The van der Waals surface area contributed by atoms with Gasteiger partial charge in [0.25, 0.3) is 5.56 Å². The van der Waals surface area contributed by atoms with Gasteiger partial charge in [-0.25, -0.2) is 4.68 Å². The fraction of sp³-hybridized carbons (Fsp3) is 0.429. The fourth-order valence-corrected chi connectivity index (χ4v) is 3.62. The number of Topliss-reactive ketones (excluding diaryl/α,β-unsaturated/α-hetero) is 1. The molecule has 0 spiro atoms. The van der Waals surface area contributed by atoms with Gasteiger partial charge in [-0.05, 0) is 43.7 Å². The molecular weight excluding hydrogens is 326 g/mol. The third kappa shape index (κ3) is 3.60. The molecule has 134 valence electrons. The number of ketones is 1. The van der Waals surface area contributed by atoms with Crippen LogP contribution in [0.2, 0.25) is 0 Å². The average Bonchev–Trinajstić information content (AvgIpc) is 2.67. The van der Waals surface area contributed by atoms with E-state index in [9.17, 15) is 14.9 Å². The Labute approximate surface area is 153 Å². The molecule has 0 saturated heterocycles. The molecule has 1 aromatic heterocycles. The van der Waals surface area contributed by atoms with Crippen molar-refractivity contribution in [2.75, 3.05) is 0 Å². The number of rotatable bonds is 4. The summed E-state index contributed by atoms with van der Waals surface area (Å²) in [5, 5.41) is 13.3. The third-order valence-corrected chi connectivity index (χ3v) is 5.35. The second-order valence-electron chi connectivity index (χ2n) is 7.04. The minimum Gasteiger partial charge on any atom is -0.292 e. The van der Waals surface area contributed by atoms with Crippen molar-refractivity contribution >= 4 is 5.78 Å². The zero-order chi connectivity index (χ0) is 18.7. The number of hydrogen-bond acceptors (Lipinski definition) is 4.